The number of hydrogen-bond donors (Lipinski definition) is 1. The minimum Gasteiger partial charge on any atom is -0.491 e. The Labute approximate surface area is 154 Å². The molecule has 2 heterocycles. The lowest BCUT2D eigenvalue weighted by molar-refractivity contribution is 0.0679. The van der Waals surface area contributed by atoms with Crippen molar-refractivity contribution in [3.63, 3.8) is 0 Å². The fraction of sp³-hybridized carbons (Fsp3) is 0.450. The monoisotopic (exact) mass is 358 g/mol. The fourth-order valence-corrected chi connectivity index (χ4v) is 2.98. The van der Waals surface area contributed by atoms with Gasteiger partial charge in [0.15, 0.2) is 0 Å². The number of amides is 1. The lowest BCUT2D eigenvalue weighted by Gasteiger charge is -2.22. The molecule has 0 radical (unpaired) electrons. The van der Waals surface area contributed by atoms with Crippen molar-refractivity contribution >= 4 is 5.91 Å². The summed E-state index contributed by atoms with van der Waals surface area (Å²) in [6.45, 7) is 1.84. The van der Waals surface area contributed by atoms with Crippen LogP contribution in [0.1, 0.15) is 35.0 Å². The summed E-state index contributed by atoms with van der Waals surface area (Å²) in [7, 11) is 3.92. The molecular formula is C20H26N2O4. The molecule has 3 rings (SSSR count). The van der Waals surface area contributed by atoms with E-state index in [-0.39, 0.29) is 18.1 Å². The Balaban J connectivity index is 1.50. The third kappa shape index (κ3) is 4.86. The second-order valence-electron chi connectivity index (χ2n) is 6.68. The third-order valence-corrected chi connectivity index (χ3v) is 4.53. The Kier molecular flexibility index (Phi) is 6.30. The Morgan fingerprint density at radius 3 is 2.73 bits per heavy atom. The van der Waals surface area contributed by atoms with Crippen molar-refractivity contribution in [3.05, 3.63) is 54.0 Å². The van der Waals surface area contributed by atoms with Crippen molar-refractivity contribution in [1.29, 1.82) is 0 Å². The van der Waals surface area contributed by atoms with Crippen molar-refractivity contribution in [3.8, 4) is 5.75 Å². The summed E-state index contributed by atoms with van der Waals surface area (Å²) in [5, 5.41) is 2.96. The highest BCUT2D eigenvalue weighted by Crippen LogP contribution is 2.19. The SMILES string of the molecule is CN(C)[C@H](CNC(=O)c1ccc(OC[C@H]2CCCO2)cc1)c1ccco1. The van der Waals surface area contributed by atoms with Crippen molar-refractivity contribution < 1.29 is 18.7 Å². The van der Waals surface area contributed by atoms with Crippen LogP contribution in [0.4, 0.5) is 0 Å². The first-order valence-corrected chi connectivity index (χ1v) is 8.96. The van der Waals surface area contributed by atoms with Crippen molar-refractivity contribution in [2.45, 2.75) is 25.0 Å². The molecule has 2 atom stereocenters. The largest absolute Gasteiger partial charge is 0.491 e. The first kappa shape index (κ1) is 18.5. The van der Waals surface area contributed by atoms with E-state index in [0.717, 1.165) is 31.0 Å². The molecule has 1 aromatic carbocycles. The van der Waals surface area contributed by atoms with E-state index in [4.69, 9.17) is 13.9 Å². The Hall–Kier alpha value is -2.31. The van der Waals surface area contributed by atoms with E-state index in [9.17, 15) is 4.79 Å². The minimum atomic E-state index is -0.117. The first-order chi connectivity index (χ1) is 12.6. The minimum absolute atomic E-state index is 0.0111. The van der Waals surface area contributed by atoms with Gasteiger partial charge < -0.3 is 19.2 Å². The summed E-state index contributed by atoms with van der Waals surface area (Å²) in [5.41, 5.74) is 0.603. The van der Waals surface area contributed by atoms with Crippen LogP contribution in [0.3, 0.4) is 0 Å². The van der Waals surface area contributed by atoms with Crippen molar-refractivity contribution in [1.82, 2.24) is 10.2 Å². The zero-order chi connectivity index (χ0) is 18.4. The van der Waals surface area contributed by atoms with Gasteiger partial charge in [-0.2, -0.15) is 0 Å². The topological polar surface area (TPSA) is 63.9 Å². The number of carbonyl (C=O) groups is 1. The number of hydrogen-bond acceptors (Lipinski definition) is 5. The molecule has 1 saturated heterocycles. The van der Waals surface area contributed by atoms with Crippen LogP contribution in [-0.2, 0) is 4.74 Å². The molecule has 0 unspecified atom stereocenters. The van der Waals surface area contributed by atoms with Gasteiger partial charge in [0.25, 0.3) is 5.91 Å². The van der Waals surface area contributed by atoms with Crippen LogP contribution < -0.4 is 10.1 Å². The molecule has 1 aliphatic rings. The van der Waals surface area contributed by atoms with E-state index < -0.39 is 0 Å². The molecule has 1 amide bonds. The number of carbonyl (C=O) groups excluding carboxylic acids is 1. The number of rotatable bonds is 8. The Morgan fingerprint density at radius 1 is 1.31 bits per heavy atom. The van der Waals surface area contributed by atoms with Gasteiger partial charge in [0.1, 0.15) is 18.1 Å². The molecule has 0 bridgehead atoms. The number of nitrogens with zero attached hydrogens (tertiary/aromatic N) is 1. The van der Waals surface area contributed by atoms with E-state index in [1.54, 1.807) is 18.4 Å². The first-order valence-electron chi connectivity index (χ1n) is 8.96. The zero-order valence-corrected chi connectivity index (χ0v) is 15.3. The standard InChI is InChI=1S/C20H26N2O4/c1-22(2)18(19-6-4-12-25-19)13-21-20(23)15-7-9-16(10-8-15)26-14-17-5-3-11-24-17/h4,6-10,12,17-18H,3,5,11,13-14H2,1-2H3,(H,21,23)/t17-,18-/m1/s1. The van der Waals surface area contributed by atoms with Gasteiger partial charge in [0, 0.05) is 18.7 Å². The maximum absolute atomic E-state index is 12.4. The molecule has 0 spiro atoms. The fourth-order valence-electron chi connectivity index (χ4n) is 2.98. The molecule has 6 nitrogen and oxygen atoms in total. The Morgan fingerprint density at radius 2 is 2.12 bits per heavy atom. The average molecular weight is 358 g/mol. The predicted molar refractivity (Wildman–Crippen MR) is 98.4 cm³/mol. The molecule has 1 aliphatic heterocycles. The summed E-state index contributed by atoms with van der Waals surface area (Å²) in [5.74, 6) is 1.46. The number of likely N-dealkylation sites (N-methyl/N-ethyl adjacent to an activating group) is 1. The number of furan rings is 1. The molecule has 1 fully saturated rings. The highest BCUT2D eigenvalue weighted by Gasteiger charge is 2.19. The van der Waals surface area contributed by atoms with Crippen LogP contribution in [0.15, 0.2) is 47.1 Å². The summed E-state index contributed by atoms with van der Waals surface area (Å²) in [6, 6.07) is 10.9. The van der Waals surface area contributed by atoms with E-state index >= 15 is 0 Å². The lowest BCUT2D eigenvalue weighted by atomic mass is 10.1. The molecule has 2 aromatic rings. The molecule has 1 aromatic heterocycles. The summed E-state index contributed by atoms with van der Waals surface area (Å²) < 4.78 is 16.7. The van der Waals surface area contributed by atoms with Crippen LogP contribution in [0, 0.1) is 0 Å². The number of ether oxygens (including phenoxy) is 2. The van der Waals surface area contributed by atoms with Gasteiger partial charge in [-0.15, -0.1) is 0 Å². The zero-order valence-electron chi connectivity index (χ0n) is 15.3. The Bertz CT molecular complexity index is 676. The van der Waals surface area contributed by atoms with E-state index in [0.29, 0.717) is 18.7 Å². The van der Waals surface area contributed by atoms with Crippen LogP contribution in [0.2, 0.25) is 0 Å². The number of nitrogens with one attached hydrogen (secondary N) is 1. The molecule has 140 valence electrons. The molecule has 6 heteroatoms. The van der Waals surface area contributed by atoms with Crippen molar-refractivity contribution in [2.24, 2.45) is 0 Å². The highest BCUT2D eigenvalue weighted by atomic mass is 16.5. The van der Waals surface area contributed by atoms with E-state index in [1.807, 2.05) is 43.3 Å². The molecule has 1 N–H and O–H groups in total. The molecule has 0 aliphatic carbocycles. The number of benzene rings is 1. The maximum Gasteiger partial charge on any atom is 0.251 e. The second-order valence-corrected chi connectivity index (χ2v) is 6.68. The van der Waals surface area contributed by atoms with Gasteiger partial charge in [-0.05, 0) is 63.3 Å². The molecule has 0 saturated carbocycles. The van der Waals surface area contributed by atoms with Crippen LogP contribution >= 0.6 is 0 Å². The van der Waals surface area contributed by atoms with E-state index in [2.05, 4.69) is 5.32 Å². The normalized spacial score (nSPS) is 18.0. The summed E-state index contributed by atoms with van der Waals surface area (Å²) >= 11 is 0. The van der Waals surface area contributed by atoms with Gasteiger partial charge in [-0.1, -0.05) is 0 Å². The van der Waals surface area contributed by atoms with Crippen molar-refractivity contribution in [2.75, 3.05) is 33.9 Å². The quantitative estimate of drug-likeness (QED) is 0.786. The maximum atomic E-state index is 12.4. The lowest BCUT2D eigenvalue weighted by Crippen LogP contribution is -2.34. The van der Waals surface area contributed by atoms with Gasteiger partial charge in [-0.3, -0.25) is 9.69 Å². The van der Waals surface area contributed by atoms with Crippen LogP contribution in [0.5, 0.6) is 5.75 Å². The van der Waals surface area contributed by atoms with Gasteiger partial charge in [0.05, 0.1) is 18.4 Å². The average Bonchev–Trinajstić information content (AvgIpc) is 3.34. The predicted octanol–water partition coefficient (Wildman–Crippen LogP) is 2.87. The smallest absolute Gasteiger partial charge is 0.251 e. The van der Waals surface area contributed by atoms with Crippen LogP contribution in [-0.4, -0.2) is 50.8 Å². The molecular weight excluding hydrogens is 332 g/mol. The van der Waals surface area contributed by atoms with Gasteiger partial charge >= 0.3 is 0 Å². The third-order valence-electron chi connectivity index (χ3n) is 4.53. The second kappa shape index (κ2) is 8.87. The summed E-state index contributed by atoms with van der Waals surface area (Å²) in [6.07, 6.45) is 3.97. The highest BCUT2D eigenvalue weighted by molar-refractivity contribution is 5.94. The van der Waals surface area contributed by atoms with Gasteiger partial charge in [0.2, 0.25) is 0 Å². The van der Waals surface area contributed by atoms with Gasteiger partial charge in [-0.25, -0.2) is 0 Å². The molecule has 26 heavy (non-hydrogen) atoms. The summed E-state index contributed by atoms with van der Waals surface area (Å²) in [4.78, 5) is 14.4. The van der Waals surface area contributed by atoms with Crippen LogP contribution in [0.25, 0.3) is 0 Å². The van der Waals surface area contributed by atoms with E-state index in [1.165, 1.54) is 0 Å².